The smallest absolute Gasteiger partial charge is 0.408 e. The Morgan fingerprint density at radius 2 is 2.14 bits per heavy atom. The number of hydrogen-bond acceptors (Lipinski definition) is 5. The molecule has 1 aliphatic heterocycles. The quantitative estimate of drug-likeness (QED) is 0.585. The van der Waals surface area contributed by atoms with Crippen LogP contribution in [0.5, 0.6) is 5.75 Å². The SMILES string of the molecule is Cc1cc(C2CCCN(Cc3ccc(OC(F)(F)P)c(F)c3)C2)n2ncnc2n1. The summed E-state index contributed by atoms with van der Waals surface area (Å²) in [6.45, 7) is 4.12. The summed E-state index contributed by atoms with van der Waals surface area (Å²) in [7, 11) is 1.24. The Kier molecular flexibility index (Phi) is 5.44. The van der Waals surface area contributed by atoms with Crippen LogP contribution in [0.15, 0.2) is 30.6 Å². The molecule has 2 unspecified atom stereocenters. The molecule has 4 rings (SSSR count). The van der Waals surface area contributed by atoms with Gasteiger partial charge in [0.2, 0.25) is 0 Å². The van der Waals surface area contributed by atoms with E-state index < -0.39 is 17.4 Å². The highest BCUT2D eigenvalue weighted by Gasteiger charge is 2.26. The van der Waals surface area contributed by atoms with Gasteiger partial charge in [-0.1, -0.05) is 6.07 Å². The number of halogens is 3. The fraction of sp³-hybridized carbons (Fsp3) is 0.421. The number of aromatic nitrogens is 4. The van der Waals surface area contributed by atoms with Crippen molar-refractivity contribution in [2.45, 2.75) is 38.1 Å². The van der Waals surface area contributed by atoms with E-state index in [9.17, 15) is 13.2 Å². The first-order chi connectivity index (χ1) is 13.8. The number of alkyl halides is 2. The second-order valence-corrected chi connectivity index (χ2v) is 7.97. The second kappa shape index (κ2) is 7.88. The predicted molar refractivity (Wildman–Crippen MR) is 104 cm³/mol. The zero-order valence-corrected chi connectivity index (χ0v) is 17.0. The first kappa shape index (κ1) is 20.0. The van der Waals surface area contributed by atoms with Crippen molar-refractivity contribution in [3.8, 4) is 5.75 Å². The van der Waals surface area contributed by atoms with E-state index in [4.69, 9.17) is 0 Å². The number of benzene rings is 1. The van der Waals surface area contributed by atoms with E-state index in [2.05, 4.69) is 24.7 Å². The Balaban J connectivity index is 1.49. The van der Waals surface area contributed by atoms with E-state index >= 15 is 0 Å². The topological polar surface area (TPSA) is 55.6 Å². The molecule has 6 nitrogen and oxygen atoms in total. The van der Waals surface area contributed by atoms with Crippen LogP contribution in [0.25, 0.3) is 5.78 Å². The van der Waals surface area contributed by atoms with Crippen molar-refractivity contribution in [1.29, 1.82) is 0 Å². The molecular weight excluding hydrogens is 402 g/mol. The number of ether oxygens (including phenoxy) is 1. The number of likely N-dealkylation sites (tertiary alicyclic amines) is 1. The number of fused-ring (bicyclic) bond motifs is 1. The van der Waals surface area contributed by atoms with Crippen molar-refractivity contribution in [2.75, 3.05) is 13.1 Å². The summed E-state index contributed by atoms with van der Waals surface area (Å²) in [5, 5.41) is 4.29. The maximum absolute atomic E-state index is 14.1. The number of aryl methyl sites for hydroxylation is 1. The van der Waals surface area contributed by atoms with Gasteiger partial charge in [-0.25, -0.2) is 13.9 Å². The monoisotopic (exact) mass is 423 g/mol. The second-order valence-electron chi connectivity index (χ2n) is 7.30. The van der Waals surface area contributed by atoms with Gasteiger partial charge in [0.15, 0.2) is 11.6 Å². The summed E-state index contributed by atoms with van der Waals surface area (Å²) in [5.41, 5.74) is 2.66. The molecule has 0 saturated carbocycles. The third-order valence-electron chi connectivity index (χ3n) is 4.98. The maximum atomic E-state index is 14.1. The third kappa shape index (κ3) is 4.67. The summed E-state index contributed by atoms with van der Waals surface area (Å²) in [6.07, 6.45) is 3.50. The molecule has 0 N–H and O–H groups in total. The largest absolute Gasteiger partial charge is 0.427 e. The van der Waals surface area contributed by atoms with E-state index in [0.717, 1.165) is 37.3 Å². The predicted octanol–water partition coefficient (Wildman–Crippen LogP) is 3.76. The zero-order valence-electron chi connectivity index (χ0n) is 15.9. The Morgan fingerprint density at radius 3 is 2.90 bits per heavy atom. The van der Waals surface area contributed by atoms with Crippen LogP contribution in [0.3, 0.4) is 0 Å². The van der Waals surface area contributed by atoms with Crippen molar-refractivity contribution in [1.82, 2.24) is 24.5 Å². The van der Waals surface area contributed by atoms with Gasteiger partial charge in [-0.15, -0.1) is 0 Å². The minimum absolute atomic E-state index is 0.248. The molecule has 29 heavy (non-hydrogen) atoms. The maximum Gasteiger partial charge on any atom is 0.408 e. The molecule has 0 bridgehead atoms. The Morgan fingerprint density at radius 1 is 1.31 bits per heavy atom. The Labute approximate surface area is 168 Å². The lowest BCUT2D eigenvalue weighted by molar-refractivity contribution is -0.0912. The van der Waals surface area contributed by atoms with E-state index in [0.29, 0.717) is 17.9 Å². The molecule has 1 aliphatic rings. The van der Waals surface area contributed by atoms with E-state index in [1.54, 1.807) is 10.6 Å². The molecule has 3 heterocycles. The molecule has 0 spiro atoms. The summed E-state index contributed by atoms with van der Waals surface area (Å²) >= 11 is 0. The first-order valence-corrected chi connectivity index (χ1v) is 9.90. The lowest BCUT2D eigenvalue weighted by Gasteiger charge is -2.33. The van der Waals surface area contributed by atoms with Gasteiger partial charge < -0.3 is 4.74 Å². The summed E-state index contributed by atoms with van der Waals surface area (Å²) in [4.78, 5) is 10.8. The highest BCUT2D eigenvalue weighted by atomic mass is 31.0. The normalized spacial score (nSPS) is 18.3. The average molecular weight is 423 g/mol. The minimum atomic E-state index is -3.50. The molecule has 0 amide bonds. The number of rotatable bonds is 5. The molecule has 1 fully saturated rings. The number of hydrogen-bond donors (Lipinski definition) is 0. The molecule has 10 heteroatoms. The van der Waals surface area contributed by atoms with E-state index in [1.807, 2.05) is 13.0 Å². The Bertz CT molecular complexity index is 1020. The van der Waals surface area contributed by atoms with E-state index in [-0.39, 0.29) is 5.92 Å². The van der Waals surface area contributed by atoms with Crippen LogP contribution >= 0.6 is 9.24 Å². The van der Waals surface area contributed by atoms with Gasteiger partial charge in [-0.3, -0.25) is 4.90 Å². The molecule has 3 aromatic rings. The van der Waals surface area contributed by atoms with Gasteiger partial charge in [0.25, 0.3) is 5.78 Å². The first-order valence-electron chi connectivity index (χ1n) is 9.32. The van der Waals surface area contributed by atoms with Crippen molar-refractivity contribution in [3.05, 3.63) is 53.4 Å². The molecule has 0 radical (unpaired) electrons. The highest BCUT2D eigenvalue weighted by molar-refractivity contribution is 7.17. The fourth-order valence-electron chi connectivity index (χ4n) is 3.82. The highest BCUT2D eigenvalue weighted by Crippen LogP contribution is 2.31. The molecule has 1 aromatic carbocycles. The van der Waals surface area contributed by atoms with Crippen LogP contribution in [-0.4, -0.2) is 43.4 Å². The van der Waals surface area contributed by atoms with Gasteiger partial charge in [-0.2, -0.15) is 18.9 Å². The Hall–Kier alpha value is -2.25. The summed E-state index contributed by atoms with van der Waals surface area (Å²) < 4.78 is 46.1. The van der Waals surface area contributed by atoms with E-state index in [1.165, 1.54) is 27.7 Å². The van der Waals surface area contributed by atoms with Crippen molar-refractivity contribution < 1.29 is 17.9 Å². The molecular formula is C19H21F3N5OP. The fourth-order valence-corrected chi connectivity index (χ4v) is 3.95. The van der Waals surface area contributed by atoms with Gasteiger partial charge in [0, 0.05) is 24.7 Å². The molecule has 2 aromatic heterocycles. The number of piperidine rings is 1. The van der Waals surface area contributed by atoms with Crippen LogP contribution < -0.4 is 4.74 Å². The van der Waals surface area contributed by atoms with Gasteiger partial charge in [0.05, 0.1) is 5.69 Å². The lowest BCUT2D eigenvalue weighted by Crippen LogP contribution is -2.34. The number of nitrogens with zero attached hydrogens (tertiary/aromatic N) is 5. The van der Waals surface area contributed by atoms with Crippen LogP contribution in [0.4, 0.5) is 13.2 Å². The average Bonchev–Trinajstić information content (AvgIpc) is 3.11. The summed E-state index contributed by atoms with van der Waals surface area (Å²) in [6, 6.07) is 6.14. The van der Waals surface area contributed by atoms with Gasteiger partial charge >= 0.3 is 5.85 Å². The molecule has 154 valence electrons. The van der Waals surface area contributed by atoms with Crippen LogP contribution in [0.1, 0.15) is 35.7 Å². The molecule has 2 atom stereocenters. The van der Waals surface area contributed by atoms with Gasteiger partial charge in [-0.05, 0) is 59.3 Å². The van der Waals surface area contributed by atoms with Crippen molar-refractivity contribution in [3.63, 3.8) is 0 Å². The van der Waals surface area contributed by atoms with Crippen LogP contribution in [-0.2, 0) is 6.54 Å². The molecule has 1 saturated heterocycles. The summed E-state index contributed by atoms with van der Waals surface area (Å²) in [5.74, 6) is -3.94. The van der Waals surface area contributed by atoms with Crippen molar-refractivity contribution >= 4 is 15.0 Å². The lowest BCUT2D eigenvalue weighted by atomic mass is 9.93. The zero-order chi connectivity index (χ0) is 20.6. The van der Waals surface area contributed by atoms with Crippen LogP contribution in [0.2, 0.25) is 0 Å². The standard InChI is InChI=1S/C19H21F3N5OP/c1-12-7-16(27-18(25-12)23-11-24-27)14-3-2-6-26(10-14)9-13-4-5-17(15(20)8-13)28-19(21,22)29/h4-5,7-8,11,14H,2-3,6,9-10,29H2,1H3. The van der Waals surface area contributed by atoms with Crippen molar-refractivity contribution in [2.24, 2.45) is 0 Å². The third-order valence-corrected chi connectivity index (χ3v) is 5.10. The minimum Gasteiger partial charge on any atom is -0.427 e. The molecule has 0 aliphatic carbocycles. The van der Waals surface area contributed by atoms with Gasteiger partial charge in [0.1, 0.15) is 6.33 Å². The van der Waals surface area contributed by atoms with Crippen LogP contribution in [0, 0.1) is 12.7 Å².